The molecule has 5 nitrogen and oxygen atoms in total. The lowest BCUT2D eigenvalue weighted by atomic mass is 10.2. The third-order valence-corrected chi connectivity index (χ3v) is 4.31. The van der Waals surface area contributed by atoms with Gasteiger partial charge < -0.3 is 15.4 Å². The summed E-state index contributed by atoms with van der Waals surface area (Å²) in [6.07, 6.45) is 1.70. The third-order valence-electron chi connectivity index (χ3n) is 3.45. The topological polar surface area (TPSA) is 59.1 Å². The second-order valence-corrected chi connectivity index (χ2v) is 6.03. The van der Waals surface area contributed by atoms with Gasteiger partial charge in [-0.15, -0.1) is 0 Å². The highest BCUT2D eigenvalue weighted by Gasteiger charge is 2.05. The zero-order chi connectivity index (χ0) is 16.9. The predicted molar refractivity (Wildman–Crippen MR) is 100 cm³/mol. The van der Waals surface area contributed by atoms with Crippen LogP contribution in [0.25, 0.3) is 0 Å². The van der Waals surface area contributed by atoms with Crippen LogP contribution in [0.4, 0.5) is 23.1 Å². The molecule has 0 spiro atoms. The number of nitrogens with one attached hydrogen (secondary N) is 2. The van der Waals surface area contributed by atoms with Crippen LogP contribution in [0.5, 0.6) is 5.75 Å². The Morgan fingerprint density at radius 1 is 1.04 bits per heavy atom. The second kappa shape index (κ2) is 7.31. The first-order valence-corrected chi connectivity index (χ1v) is 8.21. The summed E-state index contributed by atoms with van der Waals surface area (Å²) in [7, 11) is 1.63. The molecule has 2 N–H and O–H groups in total. The quantitative estimate of drug-likeness (QED) is 0.644. The molecular weight excluding hydrogens is 368 g/mol. The fourth-order valence-corrected chi connectivity index (χ4v) is 2.55. The maximum atomic E-state index is 5.33. The number of aryl methyl sites for hydroxylation is 1. The van der Waals surface area contributed by atoms with E-state index < -0.39 is 0 Å². The molecule has 0 aliphatic carbocycles. The summed E-state index contributed by atoms with van der Waals surface area (Å²) in [6, 6.07) is 15.5. The average molecular weight is 385 g/mol. The van der Waals surface area contributed by atoms with Gasteiger partial charge in [0.2, 0.25) is 5.95 Å². The fourth-order valence-electron chi connectivity index (χ4n) is 2.18. The lowest BCUT2D eigenvalue weighted by Gasteiger charge is -2.11. The molecule has 2 aromatic carbocycles. The Hall–Kier alpha value is -2.60. The van der Waals surface area contributed by atoms with Crippen LogP contribution in [0.3, 0.4) is 0 Å². The minimum Gasteiger partial charge on any atom is -0.495 e. The maximum Gasteiger partial charge on any atom is 0.229 e. The molecule has 0 fully saturated rings. The summed E-state index contributed by atoms with van der Waals surface area (Å²) in [5.41, 5.74) is 2.95. The normalized spacial score (nSPS) is 10.3. The Kier molecular flexibility index (Phi) is 4.96. The van der Waals surface area contributed by atoms with Crippen LogP contribution < -0.4 is 15.4 Å². The van der Waals surface area contributed by atoms with E-state index in [1.807, 2.05) is 55.5 Å². The molecule has 3 rings (SSSR count). The van der Waals surface area contributed by atoms with Crippen LogP contribution in [-0.4, -0.2) is 17.1 Å². The van der Waals surface area contributed by atoms with Gasteiger partial charge in [-0.3, -0.25) is 0 Å². The van der Waals surface area contributed by atoms with Gasteiger partial charge in [-0.25, -0.2) is 4.98 Å². The van der Waals surface area contributed by atoms with Crippen molar-refractivity contribution in [1.82, 2.24) is 9.97 Å². The minimum absolute atomic E-state index is 0.496. The van der Waals surface area contributed by atoms with Crippen molar-refractivity contribution in [3.8, 4) is 5.75 Å². The first-order chi connectivity index (χ1) is 11.7. The third kappa shape index (κ3) is 3.83. The second-order valence-electron chi connectivity index (χ2n) is 5.18. The van der Waals surface area contributed by atoms with Crippen LogP contribution in [-0.2, 0) is 0 Å². The summed E-state index contributed by atoms with van der Waals surface area (Å²) in [5.74, 6) is 1.94. The molecule has 0 atom stereocenters. The molecule has 0 saturated heterocycles. The monoisotopic (exact) mass is 384 g/mol. The average Bonchev–Trinajstić information content (AvgIpc) is 2.59. The van der Waals surface area contributed by atoms with Crippen molar-refractivity contribution in [2.24, 2.45) is 0 Å². The molecule has 0 radical (unpaired) electrons. The van der Waals surface area contributed by atoms with Crippen molar-refractivity contribution in [1.29, 1.82) is 0 Å². The molecule has 24 heavy (non-hydrogen) atoms. The zero-order valence-electron chi connectivity index (χ0n) is 13.4. The zero-order valence-corrected chi connectivity index (χ0v) is 15.0. The van der Waals surface area contributed by atoms with E-state index in [0.29, 0.717) is 11.8 Å². The molecule has 122 valence electrons. The largest absolute Gasteiger partial charge is 0.495 e. The van der Waals surface area contributed by atoms with Gasteiger partial charge in [0.1, 0.15) is 11.6 Å². The molecule has 1 aromatic heterocycles. The molecule has 0 amide bonds. The van der Waals surface area contributed by atoms with Crippen LogP contribution >= 0.6 is 15.9 Å². The molecule has 0 aliphatic rings. The lowest BCUT2D eigenvalue weighted by Crippen LogP contribution is -2.01. The van der Waals surface area contributed by atoms with E-state index in [2.05, 4.69) is 36.5 Å². The highest BCUT2D eigenvalue weighted by molar-refractivity contribution is 9.10. The lowest BCUT2D eigenvalue weighted by molar-refractivity contribution is 0.417. The highest BCUT2D eigenvalue weighted by atomic mass is 79.9. The standard InChI is InChI=1S/C18H17BrN4O/c1-12-7-8-13(11-14(12)19)21-17-9-10-20-18(23-17)22-15-5-3-4-6-16(15)24-2/h3-11H,1-2H3,(H2,20,21,22,23). The SMILES string of the molecule is COc1ccccc1Nc1nccc(Nc2ccc(C)c(Br)c2)n1. The molecule has 1 heterocycles. The molecule has 0 aliphatic heterocycles. The van der Waals surface area contributed by atoms with Crippen LogP contribution in [0.2, 0.25) is 0 Å². The van der Waals surface area contributed by atoms with Crippen molar-refractivity contribution in [3.05, 3.63) is 64.8 Å². The minimum atomic E-state index is 0.496. The number of nitrogens with zero attached hydrogens (tertiary/aromatic N) is 2. The molecule has 0 unspecified atom stereocenters. The van der Waals surface area contributed by atoms with Gasteiger partial charge >= 0.3 is 0 Å². The Labute approximate surface area is 149 Å². The van der Waals surface area contributed by atoms with E-state index in [9.17, 15) is 0 Å². The van der Waals surface area contributed by atoms with E-state index in [1.165, 1.54) is 5.56 Å². The van der Waals surface area contributed by atoms with E-state index in [-0.39, 0.29) is 0 Å². The summed E-state index contributed by atoms with van der Waals surface area (Å²) in [4.78, 5) is 8.74. The number of halogens is 1. The van der Waals surface area contributed by atoms with Gasteiger partial charge in [0.05, 0.1) is 12.8 Å². The van der Waals surface area contributed by atoms with Crippen molar-refractivity contribution >= 4 is 39.1 Å². The number of hydrogen-bond acceptors (Lipinski definition) is 5. The van der Waals surface area contributed by atoms with Crippen LogP contribution in [0, 0.1) is 6.92 Å². The van der Waals surface area contributed by atoms with Gasteiger partial charge in [-0.05, 0) is 42.8 Å². The van der Waals surface area contributed by atoms with Crippen LogP contribution in [0.1, 0.15) is 5.56 Å². The van der Waals surface area contributed by atoms with E-state index in [4.69, 9.17) is 4.74 Å². The van der Waals surface area contributed by atoms with E-state index >= 15 is 0 Å². The molecule has 3 aromatic rings. The Morgan fingerprint density at radius 3 is 2.67 bits per heavy atom. The van der Waals surface area contributed by atoms with Gasteiger partial charge in [0.25, 0.3) is 0 Å². The molecular formula is C18H17BrN4O. The first kappa shape index (κ1) is 16.3. The molecule has 0 saturated carbocycles. The van der Waals surface area contributed by atoms with Gasteiger partial charge in [-0.2, -0.15) is 4.98 Å². The first-order valence-electron chi connectivity index (χ1n) is 7.42. The van der Waals surface area contributed by atoms with Crippen LogP contribution in [0.15, 0.2) is 59.2 Å². The van der Waals surface area contributed by atoms with Gasteiger partial charge in [-0.1, -0.05) is 34.1 Å². The summed E-state index contributed by atoms with van der Waals surface area (Å²) >= 11 is 3.54. The van der Waals surface area contributed by atoms with Crippen molar-refractivity contribution < 1.29 is 4.74 Å². The number of anilines is 4. The molecule has 6 heteroatoms. The number of para-hydroxylation sites is 2. The number of hydrogen-bond donors (Lipinski definition) is 2. The van der Waals surface area contributed by atoms with E-state index in [1.54, 1.807) is 13.3 Å². The number of rotatable bonds is 5. The van der Waals surface area contributed by atoms with Crippen molar-refractivity contribution in [2.45, 2.75) is 6.92 Å². The summed E-state index contributed by atoms with van der Waals surface area (Å²) in [6.45, 7) is 2.05. The van der Waals surface area contributed by atoms with Gasteiger partial charge in [0.15, 0.2) is 0 Å². The maximum absolute atomic E-state index is 5.33. The Balaban J connectivity index is 1.80. The van der Waals surface area contributed by atoms with Gasteiger partial charge in [0, 0.05) is 16.4 Å². The Bertz CT molecular complexity index is 854. The van der Waals surface area contributed by atoms with E-state index in [0.717, 1.165) is 21.6 Å². The Morgan fingerprint density at radius 2 is 1.88 bits per heavy atom. The smallest absolute Gasteiger partial charge is 0.229 e. The van der Waals surface area contributed by atoms with Crippen molar-refractivity contribution in [2.75, 3.05) is 17.7 Å². The summed E-state index contributed by atoms with van der Waals surface area (Å²) in [5, 5.41) is 6.45. The molecule has 0 bridgehead atoms. The number of ether oxygens (including phenoxy) is 1. The predicted octanol–water partition coefficient (Wildman–Crippen LogP) is 5.04. The van der Waals surface area contributed by atoms with Crippen molar-refractivity contribution in [3.63, 3.8) is 0 Å². The number of benzene rings is 2. The highest BCUT2D eigenvalue weighted by Crippen LogP contribution is 2.26. The number of aromatic nitrogens is 2. The fraction of sp³-hybridized carbons (Fsp3) is 0.111. The number of methoxy groups -OCH3 is 1. The summed E-state index contributed by atoms with van der Waals surface area (Å²) < 4.78 is 6.38.